The Morgan fingerprint density at radius 1 is 1.14 bits per heavy atom. The van der Waals surface area contributed by atoms with Crippen LogP contribution in [0, 0.1) is 5.82 Å². The first-order chi connectivity index (χ1) is 10.1. The second-order valence-corrected chi connectivity index (χ2v) is 5.24. The van der Waals surface area contributed by atoms with Crippen LogP contribution in [0.15, 0.2) is 46.9 Å². The molecule has 3 N–H and O–H groups in total. The molecule has 0 heterocycles. The van der Waals surface area contributed by atoms with Gasteiger partial charge in [-0.3, -0.25) is 0 Å². The molecule has 0 spiro atoms. The fraction of sp³-hybridized carbons (Fsp3) is 0.200. The molecule has 0 saturated carbocycles. The van der Waals surface area contributed by atoms with Crippen LogP contribution < -0.4 is 15.2 Å². The monoisotopic (exact) mass is 355 g/mol. The van der Waals surface area contributed by atoms with Crippen molar-refractivity contribution in [3.05, 3.63) is 52.8 Å². The molecule has 112 valence electrons. The minimum atomic E-state index is -0.826. The first-order valence-electron chi connectivity index (χ1n) is 6.29. The topological polar surface area (TPSA) is 64.7 Å². The zero-order valence-corrected chi connectivity index (χ0v) is 12.7. The second-order valence-electron chi connectivity index (χ2n) is 4.39. The summed E-state index contributed by atoms with van der Waals surface area (Å²) < 4.78 is 24.1. The van der Waals surface area contributed by atoms with Gasteiger partial charge in [0.05, 0.1) is 10.2 Å². The van der Waals surface area contributed by atoms with E-state index in [4.69, 9.17) is 15.2 Å². The summed E-state index contributed by atoms with van der Waals surface area (Å²) in [6.07, 6.45) is -0.826. The number of rotatable bonds is 6. The van der Waals surface area contributed by atoms with Gasteiger partial charge in [-0.25, -0.2) is 4.39 Å². The summed E-state index contributed by atoms with van der Waals surface area (Å²) in [5, 5.41) is 9.81. The number of hydrogen-bond acceptors (Lipinski definition) is 4. The standard InChI is InChI=1S/C15H15BrFNO3/c16-12-7-11(5-6-13(12)17)20-8-10(19)9-21-15-4-2-1-3-14(15)18/h1-7,10,19H,8-9,18H2. The van der Waals surface area contributed by atoms with Crippen molar-refractivity contribution >= 4 is 21.6 Å². The number of aliphatic hydroxyl groups excluding tert-OH is 1. The maximum absolute atomic E-state index is 13.1. The Labute approximate surface area is 130 Å². The molecule has 0 aliphatic rings. The number of halogens is 2. The van der Waals surface area contributed by atoms with Crippen molar-refractivity contribution in [3.63, 3.8) is 0 Å². The van der Waals surface area contributed by atoms with Crippen molar-refractivity contribution in [2.24, 2.45) is 0 Å². The molecule has 1 atom stereocenters. The van der Waals surface area contributed by atoms with E-state index in [1.165, 1.54) is 18.2 Å². The van der Waals surface area contributed by atoms with Gasteiger partial charge in [0.15, 0.2) is 0 Å². The van der Waals surface area contributed by atoms with Crippen LogP contribution in [0.5, 0.6) is 11.5 Å². The number of para-hydroxylation sites is 2. The molecule has 6 heteroatoms. The Morgan fingerprint density at radius 3 is 2.57 bits per heavy atom. The molecule has 0 radical (unpaired) electrons. The van der Waals surface area contributed by atoms with Gasteiger partial charge in [-0.15, -0.1) is 0 Å². The average Bonchev–Trinajstić information content (AvgIpc) is 2.47. The third-order valence-corrected chi connectivity index (χ3v) is 3.29. The SMILES string of the molecule is Nc1ccccc1OCC(O)COc1ccc(F)c(Br)c1. The predicted molar refractivity (Wildman–Crippen MR) is 82.0 cm³/mol. The highest BCUT2D eigenvalue weighted by molar-refractivity contribution is 9.10. The Kier molecular flexibility index (Phi) is 5.41. The minimum Gasteiger partial charge on any atom is -0.491 e. The van der Waals surface area contributed by atoms with E-state index in [9.17, 15) is 9.50 Å². The largest absolute Gasteiger partial charge is 0.491 e. The van der Waals surface area contributed by atoms with Crippen molar-refractivity contribution < 1.29 is 19.0 Å². The van der Waals surface area contributed by atoms with Crippen LogP contribution in [0.4, 0.5) is 10.1 Å². The van der Waals surface area contributed by atoms with Gasteiger partial charge in [0.2, 0.25) is 0 Å². The van der Waals surface area contributed by atoms with Crippen molar-refractivity contribution in [1.82, 2.24) is 0 Å². The smallest absolute Gasteiger partial charge is 0.142 e. The van der Waals surface area contributed by atoms with Gasteiger partial charge in [0.1, 0.15) is 36.6 Å². The molecule has 0 aromatic heterocycles. The molecule has 2 rings (SSSR count). The Morgan fingerprint density at radius 2 is 1.86 bits per heavy atom. The lowest BCUT2D eigenvalue weighted by molar-refractivity contribution is 0.0628. The van der Waals surface area contributed by atoms with Crippen molar-refractivity contribution in [3.8, 4) is 11.5 Å². The Hall–Kier alpha value is -1.79. The van der Waals surface area contributed by atoms with Crippen LogP contribution in [0.1, 0.15) is 0 Å². The summed E-state index contributed by atoms with van der Waals surface area (Å²) in [6.45, 7) is 0.0847. The van der Waals surface area contributed by atoms with Crippen molar-refractivity contribution in [2.45, 2.75) is 6.10 Å². The number of anilines is 1. The third kappa shape index (κ3) is 4.61. The van der Waals surface area contributed by atoms with E-state index >= 15 is 0 Å². The number of nitrogen functional groups attached to an aromatic ring is 1. The Bertz CT molecular complexity index is 609. The fourth-order valence-corrected chi connectivity index (χ4v) is 1.96. The van der Waals surface area contributed by atoms with Gasteiger partial charge in [0, 0.05) is 0 Å². The number of benzene rings is 2. The zero-order valence-electron chi connectivity index (χ0n) is 11.1. The molecule has 0 aliphatic heterocycles. The van der Waals surface area contributed by atoms with Crippen molar-refractivity contribution in [2.75, 3.05) is 18.9 Å². The molecule has 0 aliphatic carbocycles. The average molecular weight is 356 g/mol. The molecular weight excluding hydrogens is 341 g/mol. The summed E-state index contributed by atoms with van der Waals surface area (Å²) in [5.74, 6) is 0.605. The summed E-state index contributed by atoms with van der Waals surface area (Å²) in [7, 11) is 0. The number of aliphatic hydroxyl groups is 1. The molecule has 0 amide bonds. The second kappa shape index (κ2) is 7.28. The van der Waals surface area contributed by atoms with Gasteiger partial charge in [-0.2, -0.15) is 0 Å². The van der Waals surface area contributed by atoms with E-state index in [2.05, 4.69) is 15.9 Å². The predicted octanol–water partition coefficient (Wildman–Crippen LogP) is 2.99. The zero-order chi connectivity index (χ0) is 15.2. The maximum Gasteiger partial charge on any atom is 0.142 e. The van der Waals surface area contributed by atoms with Gasteiger partial charge in [-0.05, 0) is 46.3 Å². The highest BCUT2D eigenvalue weighted by Crippen LogP contribution is 2.22. The van der Waals surface area contributed by atoms with Crippen molar-refractivity contribution in [1.29, 1.82) is 0 Å². The summed E-state index contributed by atoms with van der Waals surface area (Å²) in [4.78, 5) is 0. The number of nitrogens with two attached hydrogens (primary N) is 1. The summed E-state index contributed by atoms with van der Waals surface area (Å²) in [6, 6.07) is 11.3. The molecule has 0 fully saturated rings. The van der Waals surface area contributed by atoms with Crippen LogP contribution in [-0.2, 0) is 0 Å². The molecule has 0 saturated heterocycles. The maximum atomic E-state index is 13.1. The summed E-state index contributed by atoms with van der Waals surface area (Å²) in [5.41, 5.74) is 6.23. The van der Waals surface area contributed by atoms with Gasteiger partial charge < -0.3 is 20.3 Å². The highest BCUT2D eigenvalue weighted by atomic mass is 79.9. The molecule has 0 bridgehead atoms. The van der Waals surface area contributed by atoms with Gasteiger partial charge in [-0.1, -0.05) is 12.1 Å². The van der Waals surface area contributed by atoms with Crippen LogP contribution in [0.2, 0.25) is 0 Å². The minimum absolute atomic E-state index is 0.0326. The lowest BCUT2D eigenvalue weighted by Gasteiger charge is -2.14. The molecule has 2 aromatic carbocycles. The van der Waals surface area contributed by atoms with Crippen LogP contribution in [0.3, 0.4) is 0 Å². The van der Waals surface area contributed by atoms with E-state index in [-0.39, 0.29) is 19.0 Å². The molecule has 1 unspecified atom stereocenters. The number of hydrogen-bond donors (Lipinski definition) is 2. The molecule has 2 aromatic rings. The van der Waals surface area contributed by atoms with E-state index in [0.717, 1.165) is 0 Å². The first kappa shape index (κ1) is 15.6. The van der Waals surface area contributed by atoms with Crippen LogP contribution in [-0.4, -0.2) is 24.4 Å². The van der Waals surface area contributed by atoms with E-state index in [1.807, 2.05) is 0 Å². The van der Waals surface area contributed by atoms with E-state index in [1.54, 1.807) is 24.3 Å². The number of ether oxygens (including phenoxy) is 2. The van der Waals surface area contributed by atoms with Gasteiger partial charge in [0.25, 0.3) is 0 Å². The third-order valence-electron chi connectivity index (χ3n) is 2.68. The lowest BCUT2D eigenvalue weighted by atomic mass is 10.3. The fourth-order valence-electron chi connectivity index (χ4n) is 1.61. The molecule has 21 heavy (non-hydrogen) atoms. The lowest BCUT2D eigenvalue weighted by Crippen LogP contribution is -2.25. The van der Waals surface area contributed by atoms with E-state index < -0.39 is 6.10 Å². The summed E-state index contributed by atoms with van der Waals surface area (Å²) >= 11 is 3.07. The van der Waals surface area contributed by atoms with E-state index in [0.29, 0.717) is 21.7 Å². The van der Waals surface area contributed by atoms with Crippen LogP contribution in [0.25, 0.3) is 0 Å². The highest BCUT2D eigenvalue weighted by Gasteiger charge is 2.09. The quantitative estimate of drug-likeness (QED) is 0.781. The van der Waals surface area contributed by atoms with Gasteiger partial charge >= 0.3 is 0 Å². The van der Waals surface area contributed by atoms with Crippen LogP contribution >= 0.6 is 15.9 Å². The normalized spacial score (nSPS) is 12.0. The molecule has 4 nitrogen and oxygen atoms in total. The Balaban J connectivity index is 1.81. The first-order valence-corrected chi connectivity index (χ1v) is 7.09. The molecular formula is C15H15BrFNO3.